The van der Waals surface area contributed by atoms with Crippen LogP contribution in [0, 0.1) is 16.7 Å². The van der Waals surface area contributed by atoms with E-state index in [9.17, 15) is 4.79 Å². The summed E-state index contributed by atoms with van der Waals surface area (Å²) in [7, 11) is 1.58. The molecule has 3 heterocycles. The highest BCUT2D eigenvalue weighted by molar-refractivity contribution is 5.96. The van der Waals surface area contributed by atoms with Crippen LogP contribution in [0.3, 0.4) is 0 Å². The average Bonchev–Trinajstić information content (AvgIpc) is 3.24. The zero-order valence-electron chi connectivity index (χ0n) is 14.6. The van der Waals surface area contributed by atoms with E-state index in [1.807, 2.05) is 23.1 Å². The maximum atomic E-state index is 12.7. The lowest BCUT2D eigenvalue weighted by Gasteiger charge is -2.24. The fourth-order valence-electron chi connectivity index (χ4n) is 3.89. The van der Waals surface area contributed by atoms with Crippen molar-refractivity contribution in [1.82, 2.24) is 9.97 Å². The lowest BCUT2D eigenvalue weighted by molar-refractivity contribution is -0.117. The Kier molecular flexibility index (Phi) is 3.96. The van der Waals surface area contributed by atoms with Crippen LogP contribution in [0.4, 0.5) is 11.5 Å². The molecular weight excluding hydrogens is 330 g/mol. The van der Waals surface area contributed by atoms with Gasteiger partial charge in [-0.3, -0.25) is 4.79 Å². The molecule has 2 saturated heterocycles. The molecule has 0 N–H and O–H groups in total. The molecule has 4 rings (SSSR count). The molecule has 2 aliphatic heterocycles. The van der Waals surface area contributed by atoms with Crippen LogP contribution in [0.25, 0.3) is 0 Å². The highest BCUT2D eigenvalue weighted by Gasteiger charge is 2.48. The molecule has 1 amide bonds. The van der Waals surface area contributed by atoms with E-state index in [0.717, 1.165) is 31.0 Å². The average molecular weight is 349 g/mol. The number of ether oxygens (including phenoxy) is 1. The minimum absolute atomic E-state index is 0.0854. The highest BCUT2D eigenvalue weighted by atomic mass is 16.5. The highest BCUT2D eigenvalue weighted by Crippen LogP contribution is 2.43. The van der Waals surface area contributed by atoms with Crippen LogP contribution in [0.2, 0.25) is 0 Å². The van der Waals surface area contributed by atoms with Crippen molar-refractivity contribution in [2.24, 2.45) is 5.41 Å². The van der Waals surface area contributed by atoms with Crippen LogP contribution < -0.4 is 14.5 Å². The molecule has 1 unspecified atom stereocenters. The molecule has 0 saturated carbocycles. The molecule has 132 valence electrons. The number of amides is 1. The topological polar surface area (TPSA) is 82.4 Å². The first-order valence-electron chi connectivity index (χ1n) is 8.54. The molecule has 2 aliphatic rings. The van der Waals surface area contributed by atoms with Crippen molar-refractivity contribution < 1.29 is 9.53 Å². The van der Waals surface area contributed by atoms with Gasteiger partial charge in [-0.05, 0) is 24.6 Å². The Morgan fingerprint density at radius 2 is 2.15 bits per heavy atom. The number of carbonyl (C=O) groups is 1. The largest absolute Gasteiger partial charge is 0.481 e. The number of aromatic nitrogens is 2. The fraction of sp³-hybridized carbons (Fsp3) is 0.368. The van der Waals surface area contributed by atoms with Gasteiger partial charge in [0.1, 0.15) is 12.1 Å². The van der Waals surface area contributed by atoms with Gasteiger partial charge < -0.3 is 14.5 Å². The predicted molar refractivity (Wildman–Crippen MR) is 96.0 cm³/mol. The summed E-state index contributed by atoms with van der Waals surface area (Å²) < 4.78 is 5.18. The van der Waals surface area contributed by atoms with Gasteiger partial charge in [-0.25, -0.2) is 9.97 Å². The molecule has 0 radical (unpaired) electrons. The predicted octanol–water partition coefficient (Wildman–Crippen LogP) is 1.99. The molecule has 26 heavy (non-hydrogen) atoms. The molecule has 2 fully saturated rings. The first-order chi connectivity index (χ1) is 12.6. The van der Waals surface area contributed by atoms with Crippen molar-refractivity contribution in [2.45, 2.75) is 12.8 Å². The summed E-state index contributed by atoms with van der Waals surface area (Å²) in [6, 6.07) is 11.2. The van der Waals surface area contributed by atoms with Gasteiger partial charge in [0, 0.05) is 43.2 Å². The summed E-state index contributed by atoms with van der Waals surface area (Å²) in [6.45, 7) is 2.28. The van der Waals surface area contributed by atoms with E-state index in [1.165, 1.54) is 6.33 Å². The van der Waals surface area contributed by atoms with Crippen molar-refractivity contribution in [3.8, 4) is 11.9 Å². The van der Waals surface area contributed by atoms with Gasteiger partial charge in [0.15, 0.2) is 0 Å². The summed E-state index contributed by atoms with van der Waals surface area (Å²) in [5.41, 5.74) is 1.28. The SMILES string of the molecule is COc1cc(N2CCC3(CC(=O)N(c4cccc(C#N)c4)C3)C2)ncn1. The Hall–Kier alpha value is -3.14. The first-order valence-corrected chi connectivity index (χ1v) is 8.54. The second-order valence-corrected chi connectivity index (χ2v) is 6.91. The number of rotatable bonds is 3. The maximum Gasteiger partial charge on any atom is 0.227 e. The van der Waals surface area contributed by atoms with E-state index >= 15 is 0 Å². The van der Waals surface area contributed by atoms with Crippen molar-refractivity contribution in [2.75, 3.05) is 36.5 Å². The van der Waals surface area contributed by atoms with Gasteiger partial charge in [0.05, 0.1) is 18.7 Å². The van der Waals surface area contributed by atoms with Crippen molar-refractivity contribution in [3.05, 3.63) is 42.2 Å². The molecule has 1 aromatic carbocycles. The van der Waals surface area contributed by atoms with E-state index in [0.29, 0.717) is 24.4 Å². The minimum Gasteiger partial charge on any atom is -0.481 e. The Morgan fingerprint density at radius 1 is 1.27 bits per heavy atom. The van der Waals surface area contributed by atoms with Gasteiger partial charge >= 0.3 is 0 Å². The second-order valence-electron chi connectivity index (χ2n) is 6.91. The van der Waals surface area contributed by atoms with Crippen molar-refractivity contribution in [1.29, 1.82) is 5.26 Å². The Balaban J connectivity index is 1.54. The monoisotopic (exact) mass is 349 g/mol. The van der Waals surface area contributed by atoms with Crippen LogP contribution in [0.1, 0.15) is 18.4 Å². The lowest BCUT2D eigenvalue weighted by Crippen LogP contribution is -2.31. The van der Waals surface area contributed by atoms with Gasteiger partial charge in [0.2, 0.25) is 11.8 Å². The van der Waals surface area contributed by atoms with Crippen molar-refractivity contribution >= 4 is 17.4 Å². The zero-order chi connectivity index (χ0) is 18.1. The molecule has 0 bridgehead atoms. The van der Waals surface area contributed by atoms with Crippen LogP contribution in [0.5, 0.6) is 5.88 Å². The smallest absolute Gasteiger partial charge is 0.227 e. The van der Waals surface area contributed by atoms with Gasteiger partial charge in [-0.2, -0.15) is 5.26 Å². The molecule has 1 spiro atoms. The Bertz CT molecular complexity index is 893. The second kappa shape index (κ2) is 6.30. The van der Waals surface area contributed by atoms with Crippen LogP contribution in [-0.4, -0.2) is 42.6 Å². The number of methoxy groups -OCH3 is 1. The Labute approximate surface area is 151 Å². The normalized spacial score (nSPS) is 22.1. The number of benzene rings is 1. The fourth-order valence-corrected chi connectivity index (χ4v) is 3.89. The summed E-state index contributed by atoms with van der Waals surface area (Å²) in [6.07, 6.45) is 2.95. The zero-order valence-corrected chi connectivity index (χ0v) is 14.6. The molecule has 1 aromatic heterocycles. The third-order valence-electron chi connectivity index (χ3n) is 5.21. The lowest BCUT2D eigenvalue weighted by atomic mass is 9.86. The molecule has 7 heteroatoms. The molecule has 1 atom stereocenters. The summed E-state index contributed by atoms with van der Waals surface area (Å²) >= 11 is 0. The summed E-state index contributed by atoms with van der Waals surface area (Å²) in [5, 5.41) is 9.10. The van der Waals surface area contributed by atoms with E-state index in [4.69, 9.17) is 10.00 Å². The standard InChI is InChI=1S/C19H19N5O2/c1-26-17-8-16(21-13-22-17)23-6-5-19(11-23)9-18(25)24(12-19)15-4-2-3-14(7-15)10-20/h2-4,7-8,13H,5-6,9,11-12H2,1H3. The summed E-state index contributed by atoms with van der Waals surface area (Å²) in [4.78, 5) is 25.0. The number of hydrogen-bond acceptors (Lipinski definition) is 6. The van der Waals surface area contributed by atoms with Crippen LogP contribution >= 0.6 is 0 Å². The molecule has 7 nitrogen and oxygen atoms in total. The number of anilines is 2. The molecule has 0 aliphatic carbocycles. The third kappa shape index (κ3) is 2.84. The summed E-state index contributed by atoms with van der Waals surface area (Å²) in [5.74, 6) is 1.47. The van der Waals surface area contributed by atoms with Gasteiger partial charge in [0.25, 0.3) is 0 Å². The number of nitrogens with zero attached hydrogens (tertiary/aromatic N) is 5. The van der Waals surface area contributed by atoms with E-state index < -0.39 is 0 Å². The van der Waals surface area contributed by atoms with Crippen LogP contribution in [0.15, 0.2) is 36.7 Å². The minimum atomic E-state index is -0.0854. The van der Waals surface area contributed by atoms with Gasteiger partial charge in [-0.1, -0.05) is 6.07 Å². The van der Waals surface area contributed by atoms with Crippen LogP contribution in [-0.2, 0) is 4.79 Å². The first kappa shape index (κ1) is 16.3. The van der Waals surface area contributed by atoms with E-state index in [1.54, 1.807) is 19.2 Å². The number of carbonyl (C=O) groups excluding carboxylic acids is 1. The number of hydrogen-bond donors (Lipinski definition) is 0. The quantitative estimate of drug-likeness (QED) is 0.843. The van der Waals surface area contributed by atoms with E-state index in [2.05, 4.69) is 20.9 Å². The van der Waals surface area contributed by atoms with E-state index in [-0.39, 0.29) is 11.3 Å². The van der Waals surface area contributed by atoms with Gasteiger partial charge in [-0.15, -0.1) is 0 Å². The Morgan fingerprint density at radius 3 is 2.96 bits per heavy atom. The molecular formula is C19H19N5O2. The van der Waals surface area contributed by atoms with Crippen molar-refractivity contribution in [3.63, 3.8) is 0 Å². The third-order valence-corrected chi connectivity index (χ3v) is 5.21. The maximum absolute atomic E-state index is 12.7. The number of nitriles is 1. The molecule has 2 aromatic rings.